The minimum absolute atomic E-state index is 0.236. The van der Waals surface area contributed by atoms with E-state index in [9.17, 15) is 8.42 Å². The van der Waals surface area contributed by atoms with Gasteiger partial charge in [0, 0.05) is 16.4 Å². The number of halogens is 1. The molecular formula is C16H15BrN4O2S2. The normalized spacial score (nSPS) is 11.5. The number of aryl methyl sites for hydroxylation is 2. The Morgan fingerprint density at radius 1 is 1.20 bits per heavy atom. The van der Waals surface area contributed by atoms with Crippen molar-refractivity contribution >= 4 is 43.4 Å². The van der Waals surface area contributed by atoms with Crippen LogP contribution in [0, 0.1) is 6.92 Å². The van der Waals surface area contributed by atoms with Crippen LogP contribution < -0.4 is 4.72 Å². The van der Waals surface area contributed by atoms with Crippen LogP contribution in [-0.2, 0) is 17.1 Å². The molecule has 2 aromatic carbocycles. The second kappa shape index (κ2) is 7.19. The lowest BCUT2D eigenvalue weighted by molar-refractivity contribution is 0.600. The van der Waals surface area contributed by atoms with Gasteiger partial charge in [0.25, 0.3) is 10.0 Å². The van der Waals surface area contributed by atoms with Crippen LogP contribution >= 0.6 is 27.7 Å². The molecule has 0 fully saturated rings. The highest BCUT2D eigenvalue weighted by Gasteiger charge is 2.19. The van der Waals surface area contributed by atoms with Crippen molar-refractivity contribution in [3.8, 4) is 0 Å². The fourth-order valence-electron chi connectivity index (χ4n) is 2.17. The molecule has 130 valence electrons. The number of nitrogens with one attached hydrogen (secondary N) is 1. The predicted octanol–water partition coefficient (Wildman–Crippen LogP) is 3.84. The highest BCUT2D eigenvalue weighted by atomic mass is 79.9. The fraction of sp³-hybridized carbons (Fsp3) is 0.125. The molecule has 0 bridgehead atoms. The summed E-state index contributed by atoms with van der Waals surface area (Å²) in [6, 6.07) is 12.4. The van der Waals surface area contributed by atoms with E-state index in [1.54, 1.807) is 42.1 Å². The van der Waals surface area contributed by atoms with Crippen LogP contribution in [0.4, 0.5) is 5.69 Å². The number of hydrogen-bond donors (Lipinski definition) is 1. The molecule has 0 aliphatic rings. The van der Waals surface area contributed by atoms with Gasteiger partial charge in [-0.15, -0.1) is 10.2 Å². The predicted molar refractivity (Wildman–Crippen MR) is 101 cm³/mol. The van der Waals surface area contributed by atoms with Crippen molar-refractivity contribution in [2.45, 2.75) is 21.9 Å². The van der Waals surface area contributed by atoms with Crippen LogP contribution in [0.15, 0.2) is 68.2 Å². The van der Waals surface area contributed by atoms with Crippen LogP contribution in [-0.4, -0.2) is 23.2 Å². The summed E-state index contributed by atoms with van der Waals surface area (Å²) in [6.07, 6.45) is 1.60. The Labute approximate surface area is 158 Å². The fourth-order valence-corrected chi connectivity index (χ4v) is 4.95. The van der Waals surface area contributed by atoms with Crippen molar-refractivity contribution < 1.29 is 8.42 Å². The first kappa shape index (κ1) is 18.0. The number of rotatable bonds is 5. The largest absolute Gasteiger partial charge is 0.311 e. The summed E-state index contributed by atoms with van der Waals surface area (Å²) in [5.41, 5.74) is 1.17. The van der Waals surface area contributed by atoms with Crippen molar-refractivity contribution in [1.82, 2.24) is 14.8 Å². The summed E-state index contributed by atoms with van der Waals surface area (Å²) in [7, 11) is -1.88. The van der Waals surface area contributed by atoms with E-state index in [2.05, 4.69) is 30.8 Å². The molecule has 0 saturated carbocycles. The zero-order valence-electron chi connectivity index (χ0n) is 13.5. The number of nitrogens with zero attached hydrogens (tertiary/aromatic N) is 3. The number of hydrogen-bond acceptors (Lipinski definition) is 5. The third kappa shape index (κ3) is 4.05. The maximum absolute atomic E-state index is 12.8. The third-order valence-corrected chi connectivity index (χ3v) is 6.57. The Morgan fingerprint density at radius 3 is 2.68 bits per heavy atom. The molecule has 9 heteroatoms. The van der Waals surface area contributed by atoms with E-state index in [0.717, 1.165) is 4.90 Å². The Hall–Kier alpha value is -1.84. The highest BCUT2D eigenvalue weighted by Crippen LogP contribution is 2.33. The SMILES string of the molecule is Cc1ccc(Br)cc1S(=O)(=O)Nc1ccccc1Sc1nncn1C. The van der Waals surface area contributed by atoms with Crippen molar-refractivity contribution in [1.29, 1.82) is 0 Å². The van der Waals surface area contributed by atoms with Crippen LogP contribution in [0.3, 0.4) is 0 Å². The van der Waals surface area contributed by atoms with E-state index >= 15 is 0 Å². The molecule has 0 atom stereocenters. The van der Waals surface area contributed by atoms with Crippen LogP contribution in [0.25, 0.3) is 0 Å². The molecule has 1 aromatic heterocycles. The van der Waals surface area contributed by atoms with E-state index < -0.39 is 10.0 Å². The van der Waals surface area contributed by atoms with E-state index in [4.69, 9.17) is 0 Å². The second-order valence-electron chi connectivity index (χ2n) is 5.34. The quantitative estimate of drug-likeness (QED) is 0.654. The maximum Gasteiger partial charge on any atom is 0.262 e. The molecule has 1 N–H and O–H groups in total. The molecule has 0 spiro atoms. The molecule has 3 rings (SSSR count). The summed E-state index contributed by atoms with van der Waals surface area (Å²) in [6.45, 7) is 1.77. The van der Waals surface area contributed by atoms with Crippen molar-refractivity contribution in [3.63, 3.8) is 0 Å². The van der Waals surface area contributed by atoms with Gasteiger partial charge in [-0.2, -0.15) is 0 Å². The molecule has 0 saturated heterocycles. The lowest BCUT2D eigenvalue weighted by Gasteiger charge is -2.13. The topological polar surface area (TPSA) is 76.9 Å². The monoisotopic (exact) mass is 438 g/mol. The van der Waals surface area contributed by atoms with Gasteiger partial charge in [-0.1, -0.05) is 34.1 Å². The van der Waals surface area contributed by atoms with E-state index in [1.807, 2.05) is 25.2 Å². The van der Waals surface area contributed by atoms with E-state index in [0.29, 0.717) is 20.9 Å². The number of aromatic nitrogens is 3. The van der Waals surface area contributed by atoms with E-state index in [1.165, 1.54) is 11.8 Å². The van der Waals surface area contributed by atoms with Crippen LogP contribution in [0.2, 0.25) is 0 Å². The zero-order valence-corrected chi connectivity index (χ0v) is 16.7. The Balaban J connectivity index is 1.95. The summed E-state index contributed by atoms with van der Waals surface area (Å²) < 4.78 is 30.8. The summed E-state index contributed by atoms with van der Waals surface area (Å²) in [5, 5.41) is 8.54. The summed E-state index contributed by atoms with van der Waals surface area (Å²) in [4.78, 5) is 0.982. The van der Waals surface area contributed by atoms with Gasteiger partial charge < -0.3 is 4.57 Å². The average Bonchev–Trinajstić information content (AvgIpc) is 2.96. The molecule has 0 radical (unpaired) electrons. The van der Waals surface area contributed by atoms with Gasteiger partial charge in [-0.05, 0) is 48.5 Å². The van der Waals surface area contributed by atoms with Crippen molar-refractivity contribution in [2.24, 2.45) is 7.05 Å². The lowest BCUT2D eigenvalue weighted by atomic mass is 10.2. The molecular weight excluding hydrogens is 424 g/mol. The Morgan fingerprint density at radius 2 is 1.96 bits per heavy atom. The van der Waals surface area contributed by atoms with Gasteiger partial charge in [0.1, 0.15) is 6.33 Å². The zero-order chi connectivity index (χ0) is 18.0. The van der Waals surface area contributed by atoms with Crippen LogP contribution in [0.5, 0.6) is 0 Å². The molecule has 3 aromatic rings. The Bertz CT molecular complexity index is 1020. The van der Waals surface area contributed by atoms with Crippen molar-refractivity contribution in [3.05, 3.63) is 58.8 Å². The van der Waals surface area contributed by atoms with Gasteiger partial charge in [0.2, 0.25) is 0 Å². The molecule has 1 heterocycles. The molecule has 0 aliphatic carbocycles. The molecule has 25 heavy (non-hydrogen) atoms. The summed E-state index contributed by atoms with van der Waals surface area (Å²) in [5.74, 6) is 0. The smallest absolute Gasteiger partial charge is 0.262 e. The number of benzene rings is 2. The number of para-hydroxylation sites is 1. The Kier molecular flexibility index (Phi) is 5.16. The molecule has 0 unspecified atom stereocenters. The second-order valence-corrected chi connectivity index (χ2v) is 8.91. The minimum Gasteiger partial charge on any atom is -0.311 e. The summed E-state index contributed by atoms with van der Waals surface area (Å²) >= 11 is 4.67. The standard InChI is InChI=1S/C16H15BrN4O2S2/c1-11-7-8-12(17)9-15(11)25(22,23)20-13-5-3-4-6-14(13)24-16-19-18-10-21(16)2/h3-10,20H,1-2H3. The van der Waals surface area contributed by atoms with Crippen LogP contribution in [0.1, 0.15) is 5.56 Å². The highest BCUT2D eigenvalue weighted by molar-refractivity contribution is 9.10. The van der Waals surface area contributed by atoms with Gasteiger partial charge in [-0.25, -0.2) is 8.42 Å². The average molecular weight is 439 g/mol. The first-order valence-corrected chi connectivity index (χ1v) is 10.4. The van der Waals surface area contributed by atoms with Gasteiger partial charge in [-0.3, -0.25) is 4.72 Å². The van der Waals surface area contributed by atoms with Crippen molar-refractivity contribution in [2.75, 3.05) is 4.72 Å². The first-order chi connectivity index (χ1) is 11.9. The van der Waals surface area contributed by atoms with Gasteiger partial charge >= 0.3 is 0 Å². The molecule has 0 aliphatic heterocycles. The minimum atomic E-state index is -3.71. The molecule has 6 nitrogen and oxygen atoms in total. The maximum atomic E-state index is 12.8. The first-order valence-electron chi connectivity index (χ1n) is 7.27. The number of sulfonamides is 1. The third-order valence-electron chi connectivity index (χ3n) is 3.44. The van der Waals surface area contributed by atoms with E-state index in [-0.39, 0.29) is 4.90 Å². The van der Waals surface area contributed by atoms with Gasteiger partial charge in [0.05, 0.1) is 10.6 Å². The number of anilines is 1. The lowest BCUT2D eigenvalue weighted by Crippen LogP contribution is -2.15. The molecule has 0 amide bonds. The van der Waals surface area contributed by atoms with Gasteiger partial charge in [0.15, 0.2) is 5.16 Å².